The normalized spacial score (nSPS) is 16.8. The van der Waals surface area contributed by atoms with Crippen molar-refractivity contribution >= 4 is 151 Å². The number of benzene rings is 4. The van der Waals surface area contributed by atoms with E-state index in [1.54, 1.807) is 7.05 Å². The van der Waals surface area contributed by atoms with Crippen LogP contribution in [0.5, 0.6) is 0 Å². The molecular weight excluding hydrogens is 1560 g/mol. The molecule has 3 amide bonds. The summed E-state index contributed by atoms with van der Waals surface area (Å²) in [5.74, 6) is -0.355. The summed E-state index contributed by atoms with van der Waals surface area (Å²) in [5, 5.41) is 22.6. The van der Waals surface area contributed by atoms with Crippen molar-refractivity contribution in [1.29, 1.82) is 5.26 Å². The number of hydrogen-bond donors (Lipinski definition) is 3. The van der Waals surface area contributed by atoms with Gasteiger partial charge in [-0.15, -0.1) is 0 Å². The molecule has 0 radical (unpaired) electrons. The van der Waals surface area contributed by atoms with Gasteiger partial charge in [-0.3, -0.25) is 32.0 Å². The number of aryl methyl sites for hydroxylation is 8. The van der Waals surface area contributed by atoms with Gasteiger partial charge >= 0.3 is 0 Å². The zero-order valence-corrected chi connectivity index (χ0v) is 75.7. The minimum atomic E-state index is -0.141. The number of carbonyl (C=O) groups excluding carboxylic acids is 3. The number of hydrogen-bond acceptors (Lipinski definition) is 20. The number of fused-ring (bicyclic) bond motifs is 20. The average molecular weight is 1680 g/mol. The molecule has 16 heterocycles. The van der Waals surface area contributed by atoms with E-state index in [0.29, 0.717) is 75.6 Å². The Bertz CT molecular complexity index is 7060. The summed E-state index contributed by atoms with van der Waals surface area (Å²) in [6.45, 7) is 31.0. The van der Waals surface area contributed by atoms with Gasteiger partial charge in [0.1, 0.15) is 28.7 Å². The molecule has 4 aliphatic heterocycles. The highest BCUT2D eigenvalue weighted by Crippen LogP contribution is 2.40. The Balaban J connectivity index is 0.000000118. The standard InChI is InChI=1S/C26H32N6O.C25H30N6O.C24H28N6O.C23H24N6/c1-15(2)28-26(33)20-13-19-22(31-10-8-18(14-31)30(5)6)7-9-27-24(19)32-23-12-17(4)16(3)11-21(23)29-25(20)32;1-6-26-25(32)19-13-18-21(30-10-8-17(14-30)29(4)5)7-9-27-23(18)31-22-12-16(3)15(2)11-20(22)28-24(19)31;1-14-10-19-21(11-15(14)2)30-22-17(12-18(23(30)27-19)24(31)25-3)20(6-8-26-22)29-9-7-16(13-29)28(4)5;1-14-9-19-21(10-15(14)2)29-22(26-19)16(12-24)11-18-20(5-7-25-23(18)29)28-8-6-17(13-28)27(3)4/h7,9,11-13,15,18H,8,10,14H2,1-6H3,(H,28,33);7,9,11-13,17H,6,8,10,14H2,1-5H3,(H,26,32);6,8,10-12,16H,7,9,13H2,1-5H3,(H,25,31);5,7,9-11,17H,6,8,13H2,1-4H3/t18-;17-;16-;17-/m0000/s1. The first-order valence-corrected chi connectivity index (χ1v) is 43.7. The van der Waals surface area contributed by atoms with Crippen molar-refractivity contribution < 1.29 is 14.4 Å². The van der Waals surface area contributed by atoms with Crippen LogP contribution in [0.4, 0.5) is 22.7 Å². The van der Waals surface area contributed by atoms with Crippen LogP contribution < -0.4 is 35.6 Å². The van der Waals surface area contributed by atoms with E-state index in [9.17, 15) is 19.6 Å². The minimum absolute atomic E-state index is 0.0370. The van der Waals surface area contributed by atoms with E-state index in [1.165, 1.54) is 44.5 Å². The van der Waals surface area contributed by atoms with E-state index in [2.05, 4.69) is 259 Å². The van der Waals surface area contributed by atoms with Gasteiger partial charge in [0.2, 0.25) is 0 Å². The van der Waals surface area contributed by atoms with Crippen LogP contribution in [0.1, 0.15) is 128 Å². The highest BCUT2D eigenvalue weighted by atomic mass is 16.2. The zero-order chi connectivity index (χ0) is 88.2. The molecule has 27 heteroatoms. The molecule has 12 aromatic heterocycles. The quantitative estimate of drug-likeness (QED) is 0.0969. The van der Waals surface area contributed by atoms with E-state index < -0.39 is 0 Å². The smallest absolute Gasteiger partial charge is 0.255 e. The zero-order valence-electron chi connectivity index (χ0n) is 75.7. The number of nitrogens with one attached hydrogen (secondary N) is 3. The molecule has 644 valence electrons. The molecule has 0 unspecified atom stereocenters. The highest BCUT2D eigenvalue weighted by molar-refractivity contribution is 6.11. The van der Waals surface area contributed by atoms with Crippen LogP contribution in [0.25, 0.3) is 111 Å². The molecule has 125 heavy (non-hydrogen) atoms. The van der Waals surface area contributed by atoms with Gasteiger partial charge in [0.25, 0.3) is 17.7 Å². The van der Waals surface area contributed by atoms with E-state index in [1.807, 2.05) is 74.2 Å². The molecule has 0 bridgehead atoms. The van der Waals surface area contributed by atoms with E-state index >= 15 is 0 Å². The van der Waals surface area contributed by atoms with Crippen molar-refractivity contribution in [3.8, 4) is 6.07 Å². The SMILES string of the molecule is CCNC(=O)c1cc2c(N3CC[C@H](N(C)C)C3)ccnc2n2c1nc1cc(C)c(C)cc12.CNC(=O)c1cc2c(N3CC[C@H](N(C)C)C3)ccnc2n2c1nc1cc(C)c(C)cc12.Cc1cc2nc3c(C#N)cc4c(N5CC[C@H](N(C)C)C5)ccnc4n3c2cc1C.Cc1cc2nc3c(C(=O)NC(C)C)cc4c(N5CC[C@H](N(C)C)C5)ccnc4n3c2cc1C. The lowest BCUT2D eigenvalue weighted by Gasteiger charge is -2.23. The molecule has 4 saturated heterocycles. The number of amides is 3. The minimum Gasteiger partial charge on any atom is -0.369 e. The van der Waals surface area contributed by atoms with Gasteiger partial charge in [0.15, 0.2) is 22.6 Å². The second kappa shape index (κ2) is 33.7. The molecule has 4 fully saturated rings. The first-order valence-electron chi connectivity index (χ1n) is 43.7. The maximum absolute atomic E-state index is 13.3. The lowest BCUT2D eigenvalue weighted by atomic mass is 10.1. The number of pyridine rings is 8. The van der Waals surface area contributed by atoms with Crippen molar-refractivity contribution in [1.82, 2.24) is 93.0 Å². The van der Waals surface area contributed by atoms with Crippen LogP contribution in [0.15, 0.2) is 122 Å². The van der Waals surface area contributed by atoms with E-state index in [-0.39, 0.29) is 23.8 Å². The monoisotopic (exact) mass is 1670 g/mol. The summed E-state index contributed by atoms with van der Waals surface area (Å²) in [4.78, 5) is 96.4. The Morgan fingerprint density at radius 3 is 0.936 bits per heavy atom. The summed E-state index contributed by atoms with van der Waals surface area (Å²) in [7, 11) is 18.7. The van der Waals surface area contributed by atoms with Crippen molar-refractivity contribution in [2.45, 2.75) is 132 Å². The summed E-state index contributed by atoms with van der Waals surface area (Å²) in [5.41, 5.74) is 29.8. The van der Waals surface area contributed by atoms with Gasteiger partial charge in [0, 0.05) is 165 Å². The molecule has 0 spiro atoms. The van der Waals surface area contributed by atoms with Gasteiger partial charge in [-0.1, -0.05) is 0 Å². The molecule has 16 aromatic rings. The summed E-state index contributed by atoms with van der Waals surface area (Å²) < 4.78 is 8.23. The van der Waals surface area contributed by atoms with Crippen LogP contribution in [0, 0.1) is 66.7 Å². The molecule has 20 rings (SSSR count). The third-order valence-electron chi connectivity index (χ3n) is 26.6. The summed E-state index contributed by atoms with van der Waals surface area (Å²) in [6, 6.07) is 37.6. The molecule has 4 aliphatic rings. The van der Waals surface area contributed by atoms with Crippen molar-refractivity contribution in [2.75, 3.05) is 142 Å². The van der Waals surface area contributed by atoms with Gasteiger partial charge in [-0.2, -0.15) is 5.26 Å². The van der Waals surface area contributed by atoms with E-state index in [0.717, 1.165) is 189 Å². The summed E-state index contributed by atoms with van der Waals surface area (Å²) >= 11 is 0. The maximum atomic E-state index is 13.3. The molecule has 27 nitrogen and oxygen atoms in total. The number of anilines is 4. The number of rotatable bonds is 13. The van der Waals surface area contributed by atoms with Gasteiger partial charge in [-0.05, 0) is 300 Å². The fourth-order valence-electron chi connectivity index (χ4n) is 18.8. The molecule has 3 N–H and O–H groups in total. The Hall–Kier alpha value is -12.7. The van der Waals surface area contributed by atoms with Gasteiger partial charge in [-0.25, -0.2) is 39.9 Å². The van der Waals surface area contributed by atoms with Crippen LogP contribution >= 0.6 is 0 Å². The van der Waals surface area contributed by atoms with E-state index in [4.69, 9.17) is 39.9 Å². The first-order chi connectivity index (χ1) is 60.0. The van der Waals surface area contributed by atoms with Crippen LogP contribution in [-0.2, 0) is 0 Å². The van der Waals surface area contributed by atoms with Crippen molar-refractivity contribution in [2.24, 2.45) is 0 Å². The number of likely N-dealkylation sites (N-methyl/N-ethyl adjacent to an activating group) is 4. The third-order valence-corrected chi connectivity index (χ3v) is 26.6. The molecule has 4 aromatic carbocycles. The summed E-state index contributed by atoms with van der Waals surface area (Å²) in [6.07, 6.45) is 12.0. The molecular formula is C98H114N24O3. The number of imidazole rings is 4. The second-order valence-electron chi connectivity index (χ2n) is 35.9. The lowest BCUT2D eigenvalue weighted by molar-refractivity contribution is 0.0939. The molecule has 0 aliphatic carbocycles. The van der Waals surface area contributed by atoms with Gasteiger partial charge in [0.05, 0.1) is 66.4 Å². The first kappa shape index (κ1) is 84.5. The van der Waals surface area contributed by atoms with Gasteiger partial charge < -0.3 is 55.1 Å². The Labute approximate surface area is 728 Å². The Morgan fingerprint density at radius 1 is 0.392 bits per heavy atom. The number of nitriles is 1. The lowest BCUT2D eigenvalue weighted by Crippen LogP contribution is -2.31. The topological polar surface area (TPSA) is 258 Å². The predicted molar refractivity (Wildman–Crippen MR) is 506 cm³/mol. The molecule has 0 saturated carbocycles. The Morgan fingerprint density at radius 2 is 0.664 bits per heavy atom. The van der Waals surface area contributed by atoms with Crippen LogP contribution in [0.2, 0.25) is 0 Å². The fourth-order valence-corrected chi connectivity index (χ4v) is 18.8. The largest absolute Gasteiger partial charge is 0.369 e. The fraction of sp³-hybridized carbons (Fsp3) is 0.388. The number of carbonyl (C=O) groups is 3. The van der Waals surface area contributed by atoms with Crippen LogP contribution in [0.3, 0.4) is 0 Å². The predicted octanol–water partition coefficient (Wildman–Crippen LogP) is 14.3. The third kappa shape index (κ3) is 15.3. The highest BCUT2D eigenvalue weighted by Gasteiger charge is 2.34. The maximum Gasteiger partial charge on any atom is 0.255 e. The average Bonchev–Trinajstić information content (AvgIpc) is 1.63. The van der Waals surface area contributed by atoms with Crippen LogP contribution in [-0.4, -0.2) is 247 Å². The number of aromatic nitrogens is 12. The van der Waals surface area contributed by atoms with Crippen molar-refractivity contribution in [3.63, 3.8) is 0 Å². The number of nitrogens with zero attached hydrogens (tertiary/aromatic N) is 21. The molecule has 4 atom stereocenters. The Kier molecular flexibility index (Phi) is 22.8. The second-order valence-corrected chi connectivity index (χ2v) is 35.9. The van der Waals surface area contributed by atoms with Crippen molar-refractivity contribution in [3.05, 3.63) is 189 Å².